The second-order valence-electron chi connectivity index (χ2n) is 3.49. The maximum atomic E-state index is 3.74. The molecular formula is C14H14BrN. The zero-order valence-electron chi connectivity index (χ0n) is 9.01. The Kier molecular flexibility index (Phi) is 4.93. The van der Waals surface area contributed by atoms with Crippen LogP contribution in [0.1, 0.15) is 11.1 Å². The highest BCUT2D eigenvalue weighted by Crippen LogP contribution is 1.99. The van der Waals surface area contributed by atoms with Crippen molar-refractivity contribution in [2.24, 2.45) is 0 Å². The lowest BCUT2D eigenvalue weighted by Crippen LogP contribution is -3.00. The molecule has 0 atom stereocenters. The van der Waals surface area contributed by atoms with Gasteiger partial charge in [0.25, 0.3) is 0 Å². The molecule has 1 nitrogen and oxygen atoms in total. The predicted molar refractivity (Wildman–Crippen MR) is 62.3 cm³/mol. The van der Waals surface area contributed by atoms with Crippen LogP contribution < -0.4 is 21.5 Å². The van der Waals surface area contributed by atoms with Crippen LogP contribution in [0.15, 0.2) is 61.4 Å². The number of nitrogens with zero attached hydrogens (tertiary/aromatic N) is 1. The molecule has 0 amide bonds. The number of benzene rings is 1. The largest absolute Gasteiger partial charge is 1.00 e. The van der Waals surface area contributed by atoms with Gasteiger partial charge in [-0.3, -0.25) is 0 Å². The van der Waals surface area contributed by atoms with Crippen LogP contribution in [0.5, 0.6) is 0 Å². The molecule has 0 saturated carbocycles. The summed E-state index contributed by atoms with van der Waals surface area (Å²) in [5, 5.41) is 0. The molecule has 1 aromatic heterocycles. The summed E-state index contributed by atoms with van der Waals surface area (Å²) >= 11 is 0. The van der Waals surface area contributed by atoms with Crippen molar-refractivity contribution < 1.29 is 21.5 Å². The van der Waals surface area contributed by atoms with Gasteiger partial charge in [0.1, 0.15) is 0 Å². The van der Waals surface area contributed by atoms with E-state index in [9.17, 15) is 0 Å². The fourth-order valence-electron chi connectivity index (χ4n) is 1.50. The minimum Gasteiger partial charge on any atom is -1.00 e. The van der Waals surface area contributed by atoms with Gasteiger partial charge in [-0.05, 0) is 5.56 Å². The van der Waals surface area contributed by atoms with Crippen LogP contribution in [0.4, 0.5) is 0 Å². The van der Waals surface area contributed by atoms with Crippen LogP contribution in [0.3, 0.4) is 0 Å². The standard InChI is InChI=1S/C14H14N.BrH/c1-2-13-8-10-15(11-9-13)12-14-6-4-3-5-7-14;/h2-11H,1,12H2;1H/q+1;/p-1. The van der Waals surface area contributed by atoms with Gasteiger partial charge in [-0.2, -0.15) is 0 Å². The highest BCUT2D eigenvalue weighted by atomic mass is 79.9. The maximum Gasteiger partial charge on any atom is 0.173 e. The molecule has 0 radical (unpaired) electrons. The molecule has 2 aromatic rings. The molecule has 2 rings (SSSR count). The van der Waals surface area contributed by atoms with E-state index in [-0.39, 0.29) is 17.0 Å². The molecule has 0 N–H and O–H groups in total. The highest BCUT2D eigenvalue weighted by molar-refractivity contribution is 5.44. The third-order valence-electron chi connectivity index (χ3n) is 2.36. The molecule has 0 fully saturated rings. The molecule has 0 unspecified atom stereocenters. The number of rotatable bonds is 3. The molecule has 0 aliphatic heterocycles. The van der Waals surface area contributed by atoms with Gasteiger partial charge in [0.2, 0.25) is 0 Å². The summed E-state index contributed by atoms with van der Waals surface area (Å²) < 4.78 is 2.16. The lowest BCUT2D eigenvalue weighted by molar-refractivity contribution is -0.688. The van der Waals surface area contributed by atoms with Gasteiger partial charge in [0, 0.05) is 17.7 Å². The molecule has 0 aliphatic rings. The number of hydrogen-bond donors (Lipinski definition) is 0. The topological polar surface area (TPSA) is 3.88 Å². The van der Waals surface area contributed by atoms with E-state index in [1.165, 1.54) is 5.56 Å². The fourth-order valence-corrected chi connectivity index (χ4v) is 1.50. The van der Waals surface area contributed by atoms with Crippen molar-refractivity contribution in [3.63, 3.8) is 0 Å². The van der Waals surface area contributed by atoms with E-state index in [0.29, 0.717) is 0 Å². The Morgan fingerprint density at radius 2 is 1.62 bits per heavy atom. The molecular weight excluding hydrogens is 262 g/mol. The Bertz CT molecular complexity index is 434. The van der Waals surface area contributed by atoms with Gasteiger partial charge in [0.05, 0.1) is 0 Å². The van der Waals surface area contributed by atoms with Crippen LogP contribution in [-0.2, 0) is 6.54 Å². The molecule has 1 heterocycles. The maximum absolute atomic E-state index is 3.74. The molecule has 1 aromatic carbocycles. The van der Waals surface area contributed by atoms with Crippen LogP contribution in [0.2, 0.25) is 0 Å². The van der Waals surface area contributed by atoms with Crippen LogP contribution >= 0.6 is 0 Å². The van der Waals surface area contributed by atoms with Crippen molar-refractivity contribution in [1.82, 2.24) is 0 Å². The Morgan fingerprint density at radius 3 is 2.19 bits per heavy atom. The number of hydrogen-bond acceptors (Lipinski definition) is 0. The summed E-state index contributed by atoms with van der Waals surface area (Å²) in [6, 6.07) is 14.6. The minimum atomic E-state index is 0. The smallest absolute Gasteiger partial charge is 0.173 e. The minimum absolute atomic E-state index is 0. The van der Waals surface area contributed by atoms with Crippen molar-refractivity contribution in [2.75, 3.05) is 0 Å². The highest BCUT2D eigenvalue weighted by Gasteiger charge is 2.00. The van der Waals surface area contributed by atoms with Crippen molar-refractivity contribution in [3.05, 3.63) is 72.6 Å². The van der Waals surface area contributed by atoms with Gasteiger partial charge in [-0.1, -0.05) is 43.0 Å². The first-order valence-electron chi connectivity index (χ1n) is 5.04. The van der Waals surface area contributed by atoms with Gasteiger partial charge in [-0.25, -0.2) is 4.57 Å². The SMILES string of the molecule is C=Cc1cc[n+](Cc2ccccc2)cc1.[Br-]. The molecule has 0 aliphatic carbocycles. The van der Waals surface area contributed by atoms with E-state index in [2.05, 4.69) is 59.9 Å². The second kappa shape index (κ2) is 6.23. The van der Waals surface area contributed by atoms with Gasteiger partial charge >= 0.3 is 0 Å². The first-order chi connectivity index (χ1) is 7.38. The lowest BCUT2D eigenvalue weighted by atomic mass is 10.2. The third kappa shape index (κ3) is 3.31. The summed E-state index contributed by atoms with van der Waals surface area (Å²) in [5.41, 5.74) is 2.47. The van der Waals surface area contributed by atoms with Crippen LogP contribution in [0.25, 0.3) is 6.08 Å². The van der Waals surface area contributed by atoms with E-state index in [4.69, 9.17) is 0 Å². The third-order valence-corrected chi connectivity index (χ3v) is 2.36. The second-order valence-corrected chi connectivity index (χ2v) is 3.49. The van der Waals surface area contributed by atoms with E-state index < -0.39 is 0 Å². The average molecular weight is 276 g/mol. The van der Waals surface area contributed by atoms with E-state index in [1.54, 1.807) is 0 Å². The summed E-state index contributed by atoms with van der Waals surface area (Å²) in [7, 11) is 0. The number of aromatic nitrogens is 1. The number of halogens is 1. The fraction of sp³-hybridized carbons (Fsp3) is 0.0714. The van der Waals surface area contributed by atoms with Crippen molar-refractivity contribution in [1.29, 1.82) is 0 Å². The van der Waals surface area contributed by atoms with Gasteiger partial charge < -0.3 is 17.0 Å². The summed E-state index contributed by atoms with van der Waals surface area (Å²) in [5.74, 6) is 0. The number of pyridine rings is 1. The zero-order valence-corrected chi connectivity index (χ0v) is 10.6. The van der Waals surface area contributed by atoms with Crippen LogP contribution in [-0.4, -0.2) is 0 Å². The summed E-state index contributed by atoms with van der Waals surface area (Å²) in [6.45, 7) is 4.65. The van der Waals surface area contributed by atoms with Gasteiger partial charge in [-0.15, -0.1) is 0 Å². The summed E-state index contributed by atoms with van der Waals surface area (Å²) in [4.78, 5) is 0. The Hall–Kier alpha value is -1.41. The molecule has 0 bridgehead atoms. The van der Waals surface area contributed by atoms with Crippen molar-refractivity contribution in [2.45, 2.75) is 6.54 Å². The van der Waals surface area contributed by atoms with Crippen molar-refractivity contribution in [3.8, 4) is 0 Å². The van der Waals surface area contributed by atoms with Crippen LogP contribution in [0, 0.1) is 0 Å². The molecule has 0 saturated heterocycles. The summed E-state index contributed by atoms with van der Waals surface area (Å²) in [6.07, 6.45) is 6.00. The molecule has 16 heavy (non-hydrogen) atoms. The Balaban J connectivity index is 0.00000128. The monoisotopic (exact) mass is 275 g/mol. The van der Waals surface area contributed by atoms with E-state index in [0.717, 1.165) is 12.1 Å². The van der Waals surface area contributed by atoms with E-state index in [1.807, 2.05) is 12.1 Å². The lowest BCUT2D eigenvalue weighted by Gasteiger charge is -1.97. The quantitative estimate of drug-likeness (QED) is 0.676. The average Bonchev–Trinajstić information content (AvgIpc) is 2.31. The first-order valence-corrected chi connectivity index (χ1v) is 5.04. The molecule has 82 valence electrons. The van der Waals surface area contributed by atoms with Crippen molar-refractivity contribution >= 4 is 6.08 Å². The Labute approximate surface area is 107 Å². The van der Waals surface area contributed by atoms with Gasteiger partial charge in [0.15, 0.2) is 18.9 Å². The zero-order chi connectivity index (χ0) is 10.5. The predicted octanol–water partition coefficient (Wildman–Crippen LogP) is -0.331. The first kappa shape index (κ1) is 12.7. The normalized spacial score (nSPS) is 9.25. The van der Waals surface area contributed by atoms with E-state index >= 15 is 0 Å². The Morgan fingerprint density at radius 1 is 1.00 bits per heavy atom. The molecule has 0 spiro atoms. The molecule has 2 heteroatoms.